The predicted octanol–water partition coefficient (Wildman–Crippen LogP) is 3.57. The van der Waals surface area contributed by atoms with Crippen molar-refractivity contribution < 1.29 is 0 Å². The third-order valence-corrected chi connectivity index (χ3v) is 3.26. The van der Waals surface area contributed by atoms with Crippen LogP contribution in [-0.4, -0.2) is 0 Å². The minimum atomic E-state index is 0.731. The molecule has 1 radical (unpaired) electrons. The predicted molar refractivity (Wildman–Crippen MR) is 45.8 cm³/mol. The Bertz CT molecular complexity index is 82.2. The summed E-state index contributed by atoms with van der Waals surface area (Å²) >= 11 is 0. The molecule has 0 spiro atoms. The molecule has 1 aliphatic rings. The summed E-state index contributed by atoms with van der Waals surface area (Å²) in [6.45, 7) is 4.68. The van der Waals surface area contributed by atoms with Crippen molar-refractivity contribution in [1.82, 2.24) is 0 Å². The molecule has 1 saturated carbocycles. The second kappa shape index (κ2) is 3.41. The molecular weight excluding hydrogens is 120 g/mol. The van der Waals surface area contributed by atoms with Gasteiger partial charge in [-0.25, -0.2) is 0 Å². The van der Waals surface area contributed by atoms with E-state index in [1.807, 2.05) is 0 Å². The van der Waals surface area contributed by atoms with Gasteiger partial charge in [0.05, 0.1) is 0 Å². The quantitative estimate of drug-likeness (QED) is 0.548. The van der Waals surface area contributed by atoms with Crippen LogP contribution < -0.4 is 0 Å². The molecule has 0 aromatic rings. The fourth-order valence-corrected chi connectivity index (χ4v) is 2.04. The van der Waals surface area contributed by atoms with Gasteiger partial charge in [-0.2, -0.15) is 0 Å². The number of hydrogen-bond acceptors (Lipinski definition) is 0. The van der Waals surface area contributed by atoms with Crippen molar-refractivity contribution in [2.75, 3.05) is 0 Å². The van der Waals surface area contributed by atoms with Gasteiger partial charge in [-0.15, -0.1) is 0 Å². The van der Waals surface area contributed by atoms with Crippen molar-refractivity contribution in [3.63, 3.8) is 0 Å². The Labute approximate surface area is 65.0 Å². The Balaban J connectivity index is 2.44. The van der Waals surface area contributed by atoms with Gasteiger partial charge in [0, 0.05) is 0 Å². The van der Waals surface area contributed by atoms with Gasteiger partial charge >= 0.3 is 0 Å². The zero-order valence-corrected chi connectivity index (χ0v) is 7.32. The molecule has 10 heavy (non-hydrogen) atoms. The van der Waals surface area contributed by atoms with E-state index >= 15 is 0 Å². The molecule has 0 amide bonds. The van der Waals surface area contributed by atoms with Crippen molar-refractivity contribution >= 4 is 0 Å². The molecular formula is C10H19. The van der Waals surface area contributed by atoms with E-state index in [0.717, 1.165) is 5.41 Å². The van der Waals surface area contributed by atoms with Gasteiger partial charge < -0.3 is 0 Å². The lowest BCUT2D eigenvalue weighted by Gasteiger charge is -2.35. The Morgan fingerprint density at radius 1 is 1.10 bits per heavy atom. The van der Waals surface area contributed by atoms with Crippen molar-refractivity contribution in [2.45, 2.75) is 52.4 Å². The summed E-state index contributed by atoms with van der Waals surface area (Å²) in [5.41, 5.74) is 0.731. The van der Waals surface area contributed by atoms with E-state index in [-0.39, 0.29) is 0 Å². The standard InChI is InChI=1S/C10H19/c1-3-10(4-2)8-6-5-7-9-10/h5H,3-4,6-9H2,1-2H3. The van der Waals surface area contributed by atoms with Crippen LogP contribution in [0.4, 0.5) is 0 Å². The van der Waals surface area contributed by atoms with Gasteiger partial charge in [0.2, 0.25) is 0 Å². The number of rotatable bonds is 2. The van der Waals surface area contributed by atoms with E-state index in [2.05, 4.69) is 20.3 Å². The third-order valence-electron chi connectivity index (χ3n) is 3.26. The highest BCUT2D eigenvalue weighted by molar-refractivity contribution is 4.86. The Morgan fingerprint density at radius 2 is 1.60 bits per heavy atom. The molecule has 0 nitrogen and oxygen atoms in total. The van der Waals surface area contributed by atoms with Crippen LogP contribution in [0.2, 0.25) is 0 Å². The lowest BCUT2D eigenvalue weighted by molar-refractivity contribution is 0.195. The van der Waals surface area contributed by atoms with Crippen LogP contribution >= 0.6 is 0 Å². The van der Waals surface area contributed by atoms with Gasteiger partial charge in [0.25, 0.3) is 0 Å². The molecule has 1 aliphatic carbocycles. The maximum absolute atomic E-state index is 2.45. The summed E-state index contributed by atoms with van der Waals surface area (Å²) in [5.74, 6) is 0. The molecule has 0 saturated heterocycles. The molecule has 0 heteroatoms. The molecule has 0 heterocycles. The molecule has 0 aromatic carbocycles. The van der Waals surface area contributed by atoms with Gasteiger partial charge in [0.15, 0.2) is 0 Å². The van der Waals surface area contributed by atoms with Gasteiger partial charge in [-0.3, -0.25) is 0 Å². The molecule has 59 valence electrons. The Morgan fingerprint density at radius 3 is 1.90 bits per heavy atom. The maximum Gasteiger partial charge on any atom is -0.0302 e. The Hall–Kier alpha value is 0. The average Bonchev–Trinajstić information content (AvgIpc) is 2.06. The van der Waals surface area contributed by atoms with Gasteiger partial charge in [0.1, 0.15) is 0 Å². The first-order valence-electron chi connectivity index (χ1n) is 4.64. The van der Waals surface area contributed by atoms with Crippen LogP contribution in [0.25, 0.3) is 0 Å². The largest absolute Gasteiger partial charge is 0.0649 e. The summed E-state index contributed by atoms with van der Waals surface area (Å²) in [7, 11) is 0. The first kappa shape index (κ1) is 8.10. The minimum absolute atomic E-state index is 0.731. The van der Waals surface area contributed by atoms with Crippen LogP contribution in [0.15, 0.2) is 0 Å². The smallest absolute Gasteiger partial charge is 0.0302 e. The fourth-order valence-electron chi connectivity index (χ4n) is 2.04. The second-order valence-corrected chi connectivity index (χ2v) is 3.57. The summed E-state index contributed by atoms with van der Waals surface area (Å²) in [4.78, 5) is 0. The number of hydrogen-bond donors (Lipinski definition) is 0. The lowest BCUT2D eigenvalue weighted by Crippen LogP contribution is -2.22. The van der Waals surface area contributed by atoms with Crippen LogP contribution in [0.5, 0.6) is 0 Å². The third kappa shape index (κ3) is 1.53. The minimum Gasteiger partial charge on any atom is -0.0649 e. The molecule has 0 aromatic heterocycles. The first-order valence-corrected chi connectivity index (χ1v) is 4.64. The normalized spacial score (nSPS) is 24.6. The zero-order chi connectivity index (χ0) is 7.45. The second-order valence-electron chi connectivity index (χ2n) is 3.57. The highest BCUT2D eigenvalue weighted by Crippen LogP contribution is 2.41. The average molecular weight is 139 g/mol. The van der Waals surface area contributed by atoms with E-state index in [0.29, 0.717) is 0 Å². The summed E-state index contributed by atoms with van der Waals surface area (Å²) in [6, 6.07) is 0. The topological polar surface area (TPSA) is 0 Å². The fraction of sp³-hybridized carbons (Fsp3) is 0.900. The molecule has 0 aliphatic heterocycles. The van der Waals surface area contributed by atoms with Gasteiger partial charge in [-0.05, 0) is 37.5 Å². The van der Waals surface area contributed by atoms with Gasteiger partial charge in [-0.1, -0.05) is 26.7 Å². The summed E-state index contributed by atoms with van der Waals surface area (Å²) in [5, 5.41) is 0. The van der Waals surface area contributed by atoms with Crippen molar-refractivity contribution in [3.8, 4) is 0 Å². The van der Waals surface area contributed by atoms with Crippen molar-refractivity contribution in [1.29, 1.82) is 0 Å². The summed E-state index contributed by atoms with van der Waals surface area (Å²) < 4.78 is 0. The molecule has 0 N–H and O–H groups in total. The van der Waals surface area contributed by atoms with Crippen LogP contribution in [0.1, 0.15) is 52.4 Å². The van der Waals surface area contributed by atoms with Crippen LogP contribution in [0, 0.1) is 11.8 Å². The molecule has 0 unspecified atom stereocenters. The van der Waals surface area contributed by atoms with Crippen molar-refractivity contribution in [2.24, 2.45) is 5.41 Å². The lowest BCUT2D eigenvalue weighted by atomic mass is 9.71. The zero-order valence-electron chi connectivity index (χ0n) is 7.32. The van der Waals surface area contributed by atoms with E-state index in [9.17, 15) is 0 Å². The monoisotopic (exact) mass is 139 g/mol. The SMILES string of the molecule is CCC1(CC)CC[CH]CC1. The van der Waals surface area contributed by atoms with Crippen molar-refractivity contribution in [3.05, 3.63) is 6.42 Å². The Kier molecular flexibility index (Phi) is 2.76. The molecule has 1 rings (SSSR count). The summed E-state index contributed by atoms with van der Waals surface area (Å²) in [6.07, 6.45) is 10.8. The van der Waals surface area contributed by atoms with E-state index < -0.39 is 0 Å². The van der Waals surface area contributed by atoms with Crippen LogP contribution in [-0.2, 0) is 0 Å². The van der Waals surface area contributed by atoms with E-state index in [1.165, 1.54) is 38.5 Å². The molecule has 1 fully saturated rings. The first-order chi connectivity index (χ1) is 4.83. The highest BCUT2D eigenvalue weighted by atomic mass is 14.3. The molecule has 0 bridgehead atoms. The van der Waals surface area contributed by atoms with E-state index in [4.69, 9.17) is 0 Å². The highest BCUT2D eigenvalue weighted by Gasteiger charge is 2.27. The van der Waals surface area contributed by atoms with E-state index in [1.54, 1.807) is 0 Å². The van der Waals surface area contributed by atoms with Crippen LogP contribution in [0.3, 0.4) is 0 Å². The molecule has 0 atom stereocenters. The maximum atomic E-state index is 2.45.